The van der Waals surface area contributed by atoms with Crippen molar-refractivity contribution in [3.05, 3.63) is 331 Å². The third-order valence-corrected chi connectivity index (χ3v) is 24.9. The minimum absolute atomic E-state index is 0.00839. The number of carbonyl (C=O) groups excluding carboxylic acids is 7. The minimum atomic E-state index is -3.41. The number of non-ortho nitro benzene ring substituents is 1. The predicted octanol–water partition coefficient (Wildman–Crippen LogP) is 23.5. The molecule has 0 unspecified atom stereocenters. The monoisotopic (exact) mass is 1660 g/mol. The van der Waals surface area contributed by atoms with Gasteiger partial charge in [0.05, 0.1) is 36.3 Å². The van der Waals surface area contributed by atoms with Gasteiger partial charge in [0.15, 0.2) is 18.9 Å². The van der Waals surface area contributed by atoms with Crippen LogP contribution in [0.25, 0.3) is 140 Å². The minimum Gasteiger partial charge on any atom is -0.507 e. The van der Waals surface area contributed by atoms with Crippen molar-refractivity contribution < 1.29 is 52.0 Å². The molecular formula is C95H66BrClN6O12S2. The average Bonchev–Trinajstić information content (AvgIpc) is 1.16. The Morgan fingerprint density at radius 1 is 0.410 bits per heavy atom. The summed E-state index contributed by atoms with van der Waals surface area (Å²) in [5, 5.41) is 33.8. The molecule has 6 aromatic heterocycles. The van der Waals surface area contributed by atoms with Gasteiger partial charge in [0.2, 0.25) is 9.84 Å². The lowest BCUT2D eigenvalue weighted by Crippen LogP contribution is -1.96. The zero-order valence-corrected chi connectivity index (χ0v) is 66.7. The van der Waals surface area contributed by atoms with Crippen LogP contribution in [0.1, 0.15) is 83.6 Å². The number of phenolic OH excluding ortho intramolecular Hbond substituents is 1. The van der Waals surface area contributed by atoms with Crippen LogP contribution in [-0.2, 0) is 23.9 Å². The molecule has 0 spiro atoms. The molecule has 18 nitrogen and oxygen atoms in total. The molecule has 574 valence electrons. The maximum absolute atomic E-state index is 12.2. The van der Waals surface area contributed by atoms with Gasteiger partial charge in [-0.25, -0.2) is 8.42 Å². The maximum atomic E-state index is 12.2. The van der Waals surface area contributed by atoms with Crippen LogP contribution >= 0.6 is 38.9 Å². The molecule has 1 aliphatic heterocycles. The number of nitrogens with one attached hydrogen (secondary N) is 3. The van der Waals surface area contributed by atoms with E-state index < -0.39 is 14.8 Å². The number of aromatic nitrogens is 5. The van der Waals surface area contributed by atoms with E-state index in [4.69, 9.17) is 11.6 Å². The zero-order chi connectivity index (χ0) is 82.1. The number of hydrogen-bond donors (Lipinski definition) is 4. The Hall–Kier alpha value is -14.1. The molecular weight excluding hydrogens is 1600 g/mol. The molecule has 117 heavy (non-hydrogen) atoms. The van der Waals surface area contributed by atoms with Crippen LogP contribution in [0.3, 0.4) is 0 Å². The van der Waals surface area contributed by atoms with Crippen LogP contribution in [0.15, 0.2) is 275 Å². The molecule has 14 aromatic carbocycles. The second-order valence-corrected chi connectivity index (χ2v) is 32.0. The van der Waals surface area contributed by atoms with Crippen LogP contribution < -0.4 is 0 Å². The third-order valence-electron chi connectivity index (χ3n) is 20.9. The number of para-hydroxylation sites is 4. The van der Waals surface area contributed by atoms with Crippen LogP contribution in [0, 0.1) is 24.0 Å². The number of aromatic hydroxyl groups is 1. The Bertz CT molecular complexity index is 7320. The number of halogens is 2. The fourth-order valence-corrected chi connectivity index (χ4v) is 18.6. The van der Waals surface area contributed by atoms with Crippen molar-refractivity contribution in [2.45, 2.75) is 23.6 Å². The Kier molecular flexibility index (Phi) is 21.9. The molecule has 0 aliphatic carbocycles. The van der Waals surface area contributed by atoms with Crippen molar-refractivity contribution in [2.24, 2.45) is 14.1 Å². The summed E-state index contributed by atoms with van der Waals surface area (Å²) >= 11 is 11.1. The van der Waals surface area contributed by atoms with Gasteiger partial charge < -0.3 is 29.2 Å². The highest BCUT2D eigenvalue weighted by atomic mass is 79.9. The summed E-state index contributed by atoms with van der Waals surface area (Å²) < 4.78 is 31.9. The fourth-order valence-electron chi connectivity index (χ4n) is 15.2. The van der Waals surface area contributed by atoms with E-state index in [9.17, 15) is 57.2 Å². The second-order valence-electron chi connectivity index (χ2n) is 27.7. The molecule has 4 N–H and O–H groups in total. The highest BCUT2D eigenvalue weighted by Crippen LogP contribution is 2.44. The topological polar surface area (TPSA) is 274 Å². The van der Waals surface area contributed by atoms with Gasteiger partial charge in [0, 0.05) is 199 Å². The highest BCUT2D eigenvalue weighted by molar-refractivity contribution is 9.10. The summed E-state index contributed by atoms with van der Waals surface area (Å²) in [7, 11) is 0.575. The Balaban J connectivity index is 0.000000107. The van der Waals surface area contributed by atoms with E-state index in [2.05, 4.69) is 79.8 Å². The van der Waals surface area contributed by atoms with E-state index in [1.54, 1.807) is 84.1 Å². The Morgan fingerprint density at radius 3 is 1.48 bits per heavy atom. The van der Waals surface area contributed by atoms with Crippen LogP contribution in [0.4, 0.5) is 5.69 Å². The van der Waals surface area contributed by atoms with Crippen LogP contribution in [-0.4, -0.2) is 86.5 Å². The van der Waals surface area contributed by atoms with Gasteiger partial charge in [-0.2, -0.15) is 0 Å². The first-order chi connectivity index (χ1) is 56.7. The normalized spacial score (nSPS) is 11.6. The molecule has 20 aromatic rings. The molecule has 22 heteroatoms. The number of phenols is 1. The lowest BCUT2D eigenvalue weighted by atomic mass is 9.99. The molecule has 0 fully saturated rings. The molecule has 0 saturated carbocycles. The standard InChI is InChI=1S/C16H15NO.C14H10N2O3.C13H8BrNO.C13H8ClNO.C13H9NO2.C13H8O3S.C13H8OS/c1-10-8-12(9-18)11(2)15-13-6-4-5-7-14(13)17(3)16(10)15;1-15-13-4-2-9(8-17)6-11(13)12-7-10(16(18)19)3-5-14(12)15;2*14-11-6-13-10(5-8(11)7-16)9-3-1-2-4-12(9)15-13;15-7-8-5-10-9-3-1-2-4-11(9)14-12(10)6-13(8)16;14-8-9-5-6-13-11(7-9)10-3-1-2-4-12(10)17(13,15)16;14-8-9-5-6-13-11(7-9)10-3-1-2-4-12(10)15-13/h4-9H,1-3H3;2-8H,1H3;2*1-7,15H;1-7,14,16H;1-8H;1-8H. The van der Waals surface area contributed by atoms with Gasteiger partial charge in [-0.05, 0) is 162 Å². The van der Waals surface area contributed by atoms with Crippen LogP contribution in [0.5, 0.6) is 5.75 Å². The third kappa shape index (κ3) is 14.8. The number of nitrogens with zero attached hydrogens (tertiary/aromatic N) is 3. The maximum Gasteiger partial charge on any atom is 0.270 e. The number of nitro benzene ring substituents is 1. The van der Waals surface area contributed by atoms with Crippen molar-refractivity contribution in [1.29, 1.82) is 0 Å². The number of aromatic amines is 3. The smallest absolute Gasteiger partial charge is 0.270 e. The molecule has 0 atom stereocenters. The molecule has 21 rings (SSSR count). The highest BCUT2D eigenvalue weighted by Gasteiger charge is 2.32. The van der Waals surface area contributed by atoms with E-state index in [-0.39, 0.29) is 16.3 Å². The van der Waals surface area contributed by atoms with Gasteiger partial charge in [-0.15, -0.1) is 11.3 Å². The van der Waals surface area contributed by atoms with Gasteiger partial charge in [-0.1, -0.05) is 133 Å². The van der Waals surface area contributed by atoms with Crippen molar-refractivity contribution in [2.75, 3.05) is 0 Å². The fraction of sp³-hybridized carbons (Fsp3) is 0.0421. The predicted molar refractivity (Wildman–Crippen MR) is 473 cm³/mol. The number of nitro groups is 1. The van der Waals surface area contributed by atoms with Gasteiger partial charge in [0.1, 0.15) is 30.9 Å². The molecule has 1 aliphatic rings. The summed E-state index contributed by atoms with van der Waals surface area (Å²) in [5.41, 5.74) is 17.9. The van der Waals surface area contributed by atoms with E-state index in [0.29, 0.717) is 61.4 Å². The summed E-state index contributed by atoms with van der Waals surface area (Å²) in [6, 6.07) is 80.7. The number of aryl methyl sites for hydroxylation is 4. The number of hydrogen-bond acceptors (Lipinski definition) is 13. The number of rotatable bonds is 8. The second kappa shape index (κ2) is 32.8. The van der Waals surface area contributed by atoms with Crippen LogP contribution in [0.2, 0.25) is 5.02 Å². The van der Waals surface area contributed by atoms with E-state index in [1.807, 2.05) is 158 Å². The number of carbonyl (C=O) groups is 7. The summed E-state index contributed by atoms with van der Waals surface area (Å²) in [4.78, 5) is 96.8. The average molecular weight is 1660 g/mol. The van der Waals surface area contributed by atoms with Crippen molar-refractivity contribution in [3.63, 3.8) is 0 Å². The summed E-state index contributed by atoms with van der Waals surface area (Å²) in [6.45, 7) is 4.09. The SMILES string of the molecule is Cc1c(C=O)cc(C)c2c1c1ccccc1n2C.Cn1c2ccc(C=O)cc2c2cc([N+](=O)[O-])ccc21.O=Cc1cc2c(cc1Br)[nH]c1ccccc12.O=Cc1cc2c(cc1Cl)[nH]c1ccccc12.O=Cc1cc2c(cc1O)[nH]c1ccccc12.O=Cc1ccc2c(c1)-c1ccccc1S2(=O)=O.O=Cc1ccc2sc3ccccc3c2c1. The van der Waals surface area contributed by atoms with E-state index >= 15 is 0 Å². The van der Waals surface area contributed by atoms with Gasteiger partial charge in [0.25, 0.3) is 5.69 Å². The summed E-state index contributed by atoms with van der Waals surface area (Å²) in [6.07, 6.45) is 5.64. The lowest BCUT2D eigenvalue weighted by molar-refractivity contribution is -0.384. The number of sulfone groups is 1. The number of thiophene rings is 1. The first kappa shape index (κ1) is 78.2. The molecule has 0 bridgehead atoms. The Labute approximate surface area is 684 Å². The van der Waals surface area contributed by atoms with Gasteiger partial charge in [-0.3, -0.25) is 43.7 Å². The summed E-state index contributed by atoms with van der Waals surface area (Å²) in [5.74, 6) is 0.00839. The molecule has 0 radical (unpaired) electrons. The lowest BCUT2D eigenvalue weighted by Gasteiger charge is -2.06. The van der Waals surface area contributed by atoms with Gasteiger partial charge >= 0.3 is 0 Å². The number of fused-ring (bicyclic) bond motifs is 21. The molecule has 7 heterocycles. The Morgan fingerprint density at radius 2 is 0.872 bits per heavy atom. The number of benzene rings is 14. The zero-order valence-electron chi connectivity index (χ0n) is 62.7. The first-order valence-corrected chi connectivity index (χ1v) is 40.0. The molecule has 0 amide bonds. The van der Waals surface area contributed by atoms with E-state index in [1.165, 1.54) is 60.2 Å². The van der Waals surface area contributed by atoms with Crippen molar-refractivity contribution in [3.8, 4) is 16.9 Å². The largest absolute Gasteiger partial charge is 0.507 e. The van der Waals surface area contributed by atoms with E-state index in [0.717, 1.165) is 145 Å². The quantitative estimate of drug-likeness (QED) is 0.0628. The molecule has 0 saturated heterocycles. The van der Waals surface area contributed by atoms with Crippen molar-refractivity contribution in [1.82, 2.24) is 24.1 Å². The van der Waals surface area contributed by atoms with Crippen molar-refractivity contribution >= 4 is 228 Å². The number of H-pyrrole nitrogens is 3. The number of aldehydes is 7. The first-order valence-electron chi connectivity index (χ1n) is 36.5.